The molecular formula is C13H24N2O2. The minimum absolute atomic E-state index is 0.0312. The van der Waals surface area contributed by atoms with Crippen molar-refractivity contribution >= 4 is 5.91 Å². The van der Waals surface area contributed by atoms with E-state index in [1.54, 1.807) is 0 Å². The van der Waals surface area contributed by atoms with Gasteiger partial charge in [0.25, 0.3) is 0 Å². The van der Waals surface area contributed by atoms with Crippen LogP contribution in [0, 0.1) is 5.92 Å². The summed E-state index contributed by atoms with van der Waals surface area (Å²) < 4.78 is 5.59. The maximum absolute atomic E-state index is 11.6. The van der Waals surface area contributed by atoms with Crippen LogP contribution in [0.15, 0.2) is 0 Å². The van der Waals surface area contributed by atoms with Crippen LogP contribution in [0.1, 0.15) is 39.0 Å². The highest BCUT2D eigenvalue weighted by molar-refractivity contribution is 5.77. The van der Waals surface area contributed by atoms with E-state index < -0.39 is 0 Å². The van der Waals surface area contributed by atoms with E-state index in [0.717, 1.165) is 19.6 Å². The van der Waals surface area contributed by atoms with Crippen LogP contribution in [0.3, 0.4) is 0 Å². The van der Waals surface area contributed by atoms with Gasteiger partial charge in [-0.05, 0) is 25.7 Å². The molecule has 0 aromatic rings. The second kappa shape index (κ2) is 5.83. The van der Waals surface area contributed by atoms with Crippen molar-refractivity contribution in [2.75, 3.05) is 26.2 Å². The van der Waals surface area contributed by atoms with Crippen LogP contribution in [0.2, 0.25) is 0 Å². The smallest absolute Gasteiger partial charge is 0.246 e. The Hall–Kier alpha value is -0.610. The Kier molecular flexibility index (Phi) is 4.40. The Morgan fingerprint density at radius 2 is 2.06 bits per heavy atom. The number of hydrogen-bond acceptors (Lipinski definition) is 3. The number of carbonyl (C=O) groups is 1. The molecule has 1 heterocycles. The lowest BCUT2D eigenvalue weighted by Gasteiger charge is -2.38. The molecule has 2 aliphatic rings. The molecule has 0 bridgehead atoms. The summed E-state index contributed by atoms with van der Waals surface area (Å²) in [5, 5.41) is 6.14. The molecule has 0 spiro atoms. The Morgan fingerprint density at radius 1 is 1.35 bits per heavy atom. The zero-order valence-corrected chi connectivity index (χ0v) is 10.8. The van der Waals surface area contributed by atoms with Gasteiger partial charge in [-0.25, -0.2) is 0 Å². The molecule has 98 valence electrons. The van der Waals surface area contributed by atoms with Crippen molar-refractivity contribution in [1.82, 2.24) is 10.6 Å². The standard InChI is InChI=1S/C13H24N2O2/c1-13(9-14-10-13)17-8-12(16)15-7-11-5-3-2-4-6-11/h11,14H,2-10H2,1H3,(H,15,16). The SMILES string of the molecule is CC1(OCC(=O)NCC2CCCCC2)CNC1. The maximum Gasteiger partial charge on any atom is 0.246 e. The minimum atomic E-state index is -0.123. The van der Waals surface area contributed by atoms with Crippen molar-refractivity contribution in [2.24, 2.45) is 5.92 Å². The Balaban J connectivity index is 1.57. The molecule has 2 N–H and O–H groups in total. The van der Waals surface area contributed by atoms with Gasteiger partial charge in [0.1, 0.15) is 6.61 Å². The molecule has 2 rings (SSSR count). The van der Waals surface area contributed by atoms with E-state index in [-0.39, 0.29) is 18.1 Å². The van der Waals surface area contributed by atoms with E-state index in [4.69, 9.17) is 4.74 Å². The third-order valence-electron chi connectivity index (χ3n) is 3.86. The van der Waals surface area contributed by atoms with E-state index in [1.807, 2.05) is 6.92 Å². The van der Waals surface area contributed by atoms with Crippen LogP contribution in [0.25, 0.3) is 0 Å². The lowest BCUT2D eigenvalue weighted by Crippen LogP contribution is -2.59. The summed E-state index contributed by atoms with van der Waals surface area (Å²) in [6, 6.07) is 0. The summed E-state index contributed by atoms with van der Waals surface area (Å²) in [7, 11) is 0. The Labute approximate surface area is 103 Å². The molecular weight excluding hydrogens is 216 g/mol. The summed E-state index contributed by atoms with van der Waals surface area (Å²) in [6.07, 6.45) is 6.53. The first-order chi connectivity index (χ1) is 8.18. The summed E-state index contributed by atoms with van der Waals surface area (Å²) >= 11 is 0. The number of ether oxygens (including phenoxy) is 1. The molecule has 2 fully saturated rings. The summed E-state index contributed by atoms with van der Waals surface area (Å²) in [6.45, 7) is 4.77. The normalized spacial score (nSPS) is 24.1. The van der Waals surface area contributed by atoms with E-state index in [2.05, 4.69) is 10.6 Å². The van der Waals surface area contributed by atoms with Crippen LogP contribution in [0.5, 0.6) is 0 Å². The molecule has 4 nitrogen and oxygen atoms in total. The zero-order chi connectivity index (χ0) is 12.1. The number of nitrogens with one attached hydrogen (secondary N) is 2. The van der Waals surface area contributed by atoms with Gasteiger partial charge in [-0.3, -0.25) is 4.79 Å². The van der Waals surface area contributed by atoms with Crippen LogP contribution in [-0.2, 0) is 9.53 Å². The van der Waals surface area contributed by atoms with Crippen LogP contribution in [0.4, 0.5) is 0 Å². The lowest BCUT2D eigenvalue weighted by atomic mass is 9.89. The molecule has 1 saturated carbocycles. The van der Waals surface area contributed by atoms with Gasteiger partial charge in [0.15, 0.2) is 0 Å². The highest BCUT2D eigenvalue weighted by atomic mass is 16.5. The fourth-order valence-corrected chi connectivity index (χ4v) is 2.52. The van der Waals surface area contributed by atoms with Gasteiger partial charge >= 0.3 is 0 Å². The highest BCUT2D eigenvalue weighted by Crippen LogP contribution is 2.22. The van der Waals surface area contributed by atoms with Crippen molar-refractivity contribution in [3.05, 3.63) is 0 Å². The number of carbonyl (C=O) groups excluding carboxylic acids is 1. The lowest BCUT2D eigenvalue weighted by molar-refractivity contribution is -0.136. The molecule has 17 heavy (non-hydrogen) atoms. The van der Waals surface area contributed by atoms with Gasteiger partial charge in [0, 0.05) is 19.6 Å². The highest BCUT2D eigenvalue weighted by Gasteiger charge is 2.33. The van der Waals surface area contributed by atoms with E-state index in [1.165, 1.54) is 32.1 Å². The predicted octanol–water partition coefficient (Wildman–Crippen LogP) is 1.06. The van der Waals surface area contributed by atoms with Crippen molar-refractivity contribution in [3.63, 3.8) is 0 Å². The number of amides is 1. The fourth-order valence-electron chi connectivity index (χ4n) is 2.52. The van der Waals surface area contributed by atoms with Gasteiger partial charge < -0.3 is 15.4 Å². The van der Waals surface area contributed by atoms with Crippen molar-refractivity contribution < 1.29 is 9.53 Å². The van der Waals surface area contributed by atoms with Gasteiger partial charge in [-0.15, -0.1) is 0 Å². The molecule has 1 aliphatic heterocycles. The molecule has 0 atom stereocenters. The molecule has 1 saturated heterocycles. The summed E-state index contributed by atoms with van der Waals surface area (Å²) in [5.74, 6) is 0.720. The summed E-state index contributed by atoms with van der Waals surface area (Å²) in [4.78, 5) is 11.6. The van der Waals surface area contributed by atoms with Crippen molar-refractivity contribution in [1.29, 1.82) is 0 Å². The monoisotopic (exact) mass is 240 g/mol. The van der Waals surface area contributed by atoms with E-state index >= 15 is 0 Å². The quantitative estimate of drug-likeness (QED) is 0.755. The van der Waals surface area contributed by atoms with E-state index in [0.29, 0.717) is 5.92 Å². The first kappa shape index (κ1) is 12.8. The number of hydrogen-bond donors (Lipinski definition) is 2. The largest absolute Gasteiger partial charge is 0.363 e. The van der Waals surface area contributed by atoms with Crippen LogP contribution in [-0.4, -0.2) is 37.7 Å². The minimum Gasteiger partial charge on any atom is -0.363 e. The molecule has 1 aliphatic carbocycles. The average Bonchev–Trinajstić information content (AvgIpc) is 2.33. The van der Waals surface area contributed by atoms with E-state index in [9.17, 15) is 4.79 Å². The van der Waals surface area contributed by atoms with Gasteiger partial charge in [0.05, 0.1) is 5.60 Å². The molecule has 4 heteroatoms. The Bertz CT molecular complexity index is 258. The fraction of sp³-hybridized carbons (Fsp3) is 0.923. The molecule has 0 aromatic heterocycles. The first-order valence-electron chi connectivity index (χ1n) is 6.79. The summed E-state index contributed by atoms with van der Waals surface area (Å²) in [5.41, 5.74) is -0.123. The molecule has 0 unspecified atom stereocenters. The van der Waals surface area contributed by atoms with Crippen LogP contribution < -0.4 is 10.6 Å². The van der Waals surface area contributed by atoms with Crippen molar-refractivity contribution in [3.8, 4) is 0 Å². The van der Waals surface area contributed by atoms with Crippen LogP contribution >= 0.6 is 0 Å². The van der Waals surface area contributed by atoms with Crippen molar-refractivity contribution in [2.45, 2.75) is 44.6 Å². The Morgan fingerprint density at radius 3 is 2.65 bits per heavy atom. The predicted molar refractivity (Wildman–Crippen MR) is 66.8 cm³/mol. The zero-order valence-electron chi connectivity index (χ0n) is 10.8. The molecule has 1 amide bonds. The molecule has 0 aromatic carbocycles. The average molecular weight is 240 g/mol. The second-order valence-electron chi connectivity index (χ2n) is 5.65. The third kappa shape index (κ3) is 3.96. The first-order valence-corrected chi connectivity index (χ1v) is 6.79. The van der Waals surface area contributed by atoms with Gasteiger partial charge in [0.2, 0.25) is 5.91 Å². The topological polar surface area (TPSA) is 50.4 Å². The number of rotatable bonds is 5. The third-order valence-corrected chi connectivity index (χ3v) is 3.86. The van der Waals surface area contributed by atoms with Gasteiger partial charge in [-0.1, -0.05) is 19.3 Å². The molecule has 0 radical (unpaired) electrons. The van der Waals surface area contributed by atoms with Gasteiger partial charge in [-0.2, -0.15) is 0 Å². The second-order valence-corrected chi connectivity index (χ2v) is 5.65. The maximum atomic E-state index is 11.6.